The van der Waals surface area contributed by atoms with Gasteiger partial charge in [-0.15, -0.1) is 0 Å². The second-order valence-corrected chi connectivity index (χ2v) is 17.3. The predicted octanol–water partition coefficient (Wildman–Crippen LogP) is 17.2. The van der Waals surface area contributed by atoms with Crippen molar-refractivity contribution in [3.05, 3.63) is 236 Å². The second kappa shape index (κ2) is 14.6. The van der Waals surface area contributed by atoms with Crippen LogP contribution in [0.25, 0.3) is 88.3 Å². The molecule has 0 N–H and O–H groups in total. The van der Waals surface area contributed by atoms with Gasteiger partial charge in [0.2, 0.25) is 0 Å². The number of nitrogens with zero attached hydrogens (tertiary/aromatic N) is 1. The molecule has 2 heteroatoms. The molecule has 63 heavy (non-hydrogen) atoms. The van der Waals surface area contributed by atoms with Gasteiger partial charge in [0, 0.05) is 33.1 Å². The van der Waals surface area contributed by atoms with Crippen LogP contribution in [0.2, 0.25) is 0 Å². The highest BCUT2D eigenvalue weighted by molar-refractivity contribution is 6.17. The zero-order chi connectivity index (χ0) is 42.1. The molecule has 1 aromatic heterocycles. The Morgan fingerprint density at radius 2 is 0.952 bits per heavy atom. The summed E-state index contributed by atoms with van der Waals surface area (Å²) >= 11 is 0. The van der Waals surface area contributed by atoms with Gasteiger partial charge in [-0.3, -0.25) is 0 Å². The molecule has 2 nitrogen and oxygen atoms in total. The van der Waals surface area contributed by atoms with Crippen LogP contribution in [0.15, 0.2) is 229 Å². The Bertz CT molecular complexity index is 3470. The number of furan rings is 1. The number of hydrogen-bond donors (Lipinski definition) is 0. The number of hydrogen-bond acceptors (Lipinski definition) is 2. The molecule has 0 atom stereocenters. The minimum atomic E-state index is -0.171. The first-order chi connectivity index (χ1) is 31.0. The normalized spacial score (nSPS) is 12.7. The monoisotopic (exact) mass is 805 g/mol. The smallest absolute Gasteiger partial charge is 0.136 e. The number of benzene rings is 10. The predicted molar refractivity (Wildman–Crippen MR) is 265 cm³/mol. The topological polar surface area (TPSA) is 16.4 Å². The van der Waals surface area contributed by atoms with Crippen molar-refractivity contribution < 1.29 is 4.42 Å². The van der Waals surface area contributed by atoms with Crippen molar-refractivity contribution in [2.24, 2.45) is 0 Å². The van der Waals surface area contributed by atoms with Crippen LogP contribution < -0.4 is 4.90 Å². The van der Waals surface area contributed by atoms with Gasteiger partial charge < -0.3 is 9.32 Å². The molecule has 1 heterocycles. The van der Waals surface area contributed by atoms with Crippen molar-refractivity contribution in [1.82, 2.24) is 0 Å². The van der Waals surface area contributed by atoms with Gasteiger partial charge in [-0.25, -0.2) is 0 Å². The van der Waals surface area contributed by atoms with Gasteiger partial charge in [0.1, 0.15) is 11.2 Å². The third-order valence-corrected chi connectivity index (χ3v) is 13.2. The third kappa shape index (κ3) is 6.17. The van der Waals surface area contributed by atoms with Gasteiger partial charge in [-0.05, 0) is 139 Å². The van der Waals surface area contributed by atoms with E-state index in [1.165, 1.54) is 55.3 Å². The van der Waals surface area contributed by atoms with E-state index in [0.29, 0.717) is 0 Å². The summed E-state index contributed by atoms with van der Waals surface area (Å²) in [7, 11) is 0. The summed E-state index contributed by atoms with van der Waals surface area (Å²) in [5.74, 6) is 0. The van der Waals surface area contributed by atoms with Crippen molar-refractivity contribution >= 4 is 49.8 Å². The molecule has 0 radical (unpaired) electrons. The lowest BCUT2D eigenvalue weighted by Crippen LogP contribution is -2.17. The molecule has 10 aromatic carbocycles. The summed E-state index contributed by atoms with van der Waals surface area (Å²) in [6.07, 6.45) is 0. The Hall–Kier alpha value is -7.94. The fraction of sp³-hybridized carbons (Fsp3) is 0.0492. The molecule has 298 valence electrons. The molecule has 1 aliphatic rings. The third-order valence-electron chi connectivity index (χ3n) is 13.2. The zero-order valence-electron chi connectivity index (χ0n) is 35.2. The van der Waals surface area contributed by atoms with E-state index in [1.807, 2.05) is 0 Å². The number of rotatable bonds is 7. The van der Waals surface area contributed by atoms with E-state index in [0.717, 1.165) is 61.3 Å². The van der Waals surface area contributed by atoms with Crippen LogP contribution in [0.3, 0.4) is 0 Å². The van der Waals surface area contributed by atoms with Crippen LogP contribution in [0, 0.1) is 0 Å². The van der Waals surface area contributed by atoms with Gasteiger partial charge in [0.25, 0.3) is 0 Å². The Kier molecular flexibility index (Phi) is 8.55. The molecule has 12 rings (SSSR count). The molecule has 0 fully saturated rings. The van der Waals surface area contributed by atoms with Crippen LogP contribution in [0.4, 0.5) is 17.1 Å². The Labute approximate surface area is 368 Å². The Balaban J connectivity index is 1.13. The summed E-state index contributed by atoms with van der Waals surface area (Å²) in [4.78, 5) is 2.47. The molecule has 11 aromatic rings. The van der Waals surface area contributed by atoms with Crippen molar-refractivity contribution in [3.63, 3.8) is 0 Å². The van der Waals surface area contributed by atoms with Crippen molar-refractivity contribution in [3.8, 4) is 55.6 Å². The highest BCUT2D eigenvalue weighted by atomic mass is 16.3. The van der Waals surface area contributed by atoms with E-state index in [4.69, 9.17) is 4.42 Å². The summed E-state index contributed by atoms with van der Waals surface area (Å²) in [5.41, 5.74) is 19.4. The van der Waals surface area contributed by atoms with E-state index in [-0.39, 0.29) is 5.41 Å². The quantitative estimate of drug-likeness (QED) is 0.160. The average molecular weight is 806 g/mol. The molecule has 0 bridgehead atoms. The summed E-state index contributed by atoms with van der Waals surface area (Å²) < 4.78 is 6.69. The van der Waals surface area contributed by atoms with Crippen LogP contribution in [0.5, 0.6) is 0 Å². The van der Waals surface area contributed by atoms with Gasteiger partial charge >= 0.3 is 0 Å². The molecule has 0 aliphatic heterocycles. The van der Waals surface area contributed by atoms with E-state index in [1.54, 1.807) is 0 Å². The molecule has 0 amide bonds. The standard InChI is InChI=1S/C61H43NO/c1-61(2)54-23-13-11-21-51(54)52-32-31-50(39-55(52)61)62(49-29-27-43(28-30-49)45-26-25-42-19-9-10-20-44(42)35-45)56-33-34-58-60(53-22-12-14-24-57(53)63-58)59(56)48-37-46(40-15-5-3-6-16-40)36-47(38-48)41-17-7-4-8-18-41/h3-39H,1-2H3. The van der Waals surface area contributed by atoms with Gasteiger partial charge in [0.05, 0.1) is 5.69 Å². The first kappa shape index (κ1) is 36.9. The lowest BCUT2D eigenvalue weighted by atomic mass is 9.82. The number of para-hydroxylation sites is 1. The first-order valence-electron chi connectivity index (χ1n) is 21.8. The molecule has 0 saturated carbocycles. The van der Waals surface area contributed by atoms with Crippen LogP contribution in [-0.4, -0.2) is 0 Å². The maximum atomic E-state index is 6.69. The van der Waals surface area contributed by atoms with E-state index in [9.17, 15) is 0 Å². The maximum Gasteiger partial charge on any atom is 0.136 e. The average Bonchev–Trinajstić information content (AvgIpc) is 3.83. The van der Waals surface area contributed by atoms with Crippen LogP contribution >= 0.6 is 0 Å². The molecule has 0 unspecified atom stereocenters. The zero-order valence-corrected chi connectivity index (χ0v) is 35.2. The van der Waals surface area contributed by atoms with E-state index in [2.05, 4.69) is 243 Å². The number of anilines is 3. The van der Waals surface area contributed by atoms with Gasteiger partial charge in [0.15, 0.2) is 0 Å². The first-order valence-corrected chi connectivity index (χ1v) is 21.8. The minimum Gasteiger partial charge on any atom is -0.456 e. The summed E-state index contributed by atoms with van der Waals surface area (Å²) in [5, 5.41) is 4.67. The van der Waals surface area contributed by atoms with Crippen LogP contribution in [-0.2, 0) is 5.41 Å². The largest absolute Gasteiger partial charge is 0.456 e. The van der Waals surface area contributed by atoms with Crippen molar-refractivity contribution in [2.75, 3.05) is 4.90 Å². The minimum absolute atomic E-state index is 0.171. The SMILES string of the molecule is CC1(C)c2ccccc2-c2ccc(N(c3ccc(-c4ccc5ccccc5c4)cc3)c3ccc4oc5ccccc5c4c3-c3cc(-c4ccccc4)cc(-c4ccccc4)c3)cc21. The molecule has 0 saturated heterocycles. The Morgan fingerprint density at radius 3 is 1.71 bits per heavy atom. The van der Waals surface area contributed by atoms with Crippen LogP contribution in [0.1, 0.15) is 25.0 Å². The maximum absolute atomic E-state index is 6.69. The molecule has 1 aliphatic carbocycles. The highest BCUT2D eigenvalue weighted by Gasteiger charge is 2.36. The van der Waals surface area contributed by atoms with Crippen molar-refractivity contribution in [2.45, 2.75) is 19.3 Å². The van der Waals surface area contributed by atoms with Gasteiger partial charge in [-0.2, -0.15) is 0 Å². The molecular weight excluding hydrogens is 763 g/mol. The fourth-order valence-electron chi connectivity index (χ4n) is 10.1. The number of fused-ring (bicyclic) bond motifs is 7. The summed E-state index contributed by atoms with van der Waals surface area (Å²) in [6, 6.07) is 81.8. The molecular formula is C61H43NO. The lowest BCUT2D eigenvalue weighted by Gasteiger charge is -2.30. The van der Waals surface area contributed by atoms with Crippen molar-refractivity contribution in [1.29, 1.82) is 0 Å². The van der Waals surface area contributed by atoms with E-state index < -0.39 is 0 Å². The second-order valence-electron chi connectivity index (χ2n) is 17.3. The lowest BCUT2D eigenvalue weighted by molar-refractivity contribution is 0.660. The summed E-state index contributed by atoms with van der Waals surface area (Å²) in [6.45, 7) is 4.72. The van der Waals surface area contributed by atoms with E-state index >= 15 is 0 Å². The fourth-order valence-corrected chi connectivity index (χ4v) is 10.1. The highest BCUT2D eigenvalue weighted by Crippen LogP contribution is 2.53. The molecule has 0 spiro atoms. The van der Waals surface area contributed by atoms with Gasteiger partial charge in [-0.1, -0.05) is 172 Å². The Morgan fingerprint density at radius 1 is 0.365 bits per heavy atom.